The van der Waals surface area contributed by atoms with Crippen molar-refractivity contribution in [3.05, 3.63) is 136 Å². The zero-order valence-electron chi connectivity index (χ0n) is 29.4. The highest BCUT2D eigenvalue weighted by Gasteiger charge is 2.41. The molecule has 0 radical (unpaired) electrons. The Morgan fingerprint density at radius 2 is 1.23 bits per heavy atom. The summed E-state index contributed by atoms with van der Waals surface area (Å²) in [4.78, 5) is 2.57. The van der Waals surface area contributed by atoms with Gasteiger partial charge in [0.2, 0.25) is 0 Å². The molecule has 0 heterocycles. The van der Waals surface area contributed by atoms with Gasteiger partial charge in [-0.05, 0) is 148 Å². The van der Waals surface area contributed by atoms with Crippen LogP contribution in [0.1, 0.15) is 106 Å². The zero-order chi connectivity index (χ0) is 32.7. The van der Waals surface area contributed by atoms with Gasteiger partial charge in [-0.1, -0.05) is 102 Å². The third kappa shape index (κ3) is 4.72. The van der Waals surface area contributed by atoms with Gasteiger partial charge in [-0.25, -0.2) is 0 Å². The van der Waals surface area contributed by atoms with Gasteiger partial charge in [-0.2, -0.15) is 0 Å². The molecule has 5 aromatic rings. The molecule has 0 unspecified atom stereocenters. The summed E-state index contributed by atoms with van der Waals surface area (Å²) in [6.45, 7) is 17.0. The number of hydrogen-bond donors (Lipinski definition) is 0. The Kier molecular flexibility index (Phi) is 6.89. The second-order valence-electron chi connectivity index (χ2n) is 16.4. The average Bonchev–Trinajstić information content (AvgIpc) is 3.29. The van der Waals surface area contributed by atoms with Crippen LogP contribution < -0.4 is 4.90 Å². The van der Waals surface area contributed by atoms with Crippen molar-refractivity contribution in [1.29, 1.82) is 0 Å². The first-order chi connectivity index (χ1) is 22.5. The quantitative estimate of drug-likeness (QED) is 0.194. The largest absolute Gasteiger partial charge is 0.310 e. The van der Waals surface area contributed by atoms with E-state index in [0.29, 0.717) is 0 Å². The molecule has 5 aromatic carbocycles. The second-order valence-corrected chi connectivity index (χ2v) is 16.4. The van der Waals surface area contributed by atoms with Gasteiger partial charge in [0, 0.05) is 22.4 Å². The van der Waals surface area contributed by atoms with Gasteiger partial charge >= 0.3 is 0 Å². The van der Waals surface area contributed by atoms with Crippen LogP contribution in [-0.2, 0) is 29.1 Å². The number of benzene rings is 5. The molecule has 8 rings (SSSR count). The van der Waals surface area contributed by atoms with Crippen molar-refractivity contribution in [3.63, 3.8) is 0 Å². The van der Waals surface area contributed by atoms with E-state index in [1.165, 1.54) is 111 Å². The Bertz CT molecular complexity index is 2020. The van der Waals surface area contributed by atoms with Gasteiger partial charge in [0.15, 0.2) is 0 Å². The molecule has 3 aliphatic rings. The summed E-state index contributed by atoms with van der Waals surface area (Å²) in [5.74, 6) is 0. The molecular formula is C46H49N. The maximum Gasteiger partial charge on any atom is 0.0543 e. The fraction of sp³-hybridized carbons (Fsp3) is 0.348. The molecule has 0 spiro atoms. The summed E-state index contributed by atoms with van der Waals surface area (Å²) >= 11 is 0. The van der Waals surface area contributed by atoms with E-state index in [9.17, 15) is 0 Å². The Labute approximate surface area is 282 Å². The first-order valence-electron chi connectivity index (χ1n) is 17.9. The van der Waals surface area contributed by atoms with Crippen LogP contribution in [0.15, 0.2) is 97.1 Å². The number of anilines is 3. The van der Waals surface area contributed by atoms with Crippen LogP contribution >= 0.6 is 0 Å². The average molecular weight is 616 g/mol. The third-order valence-corrected chi connectivity index (χ3v) is 12.0. The van der Waals surface area contributed by atoms with Gasteiger partial charge in [0.25, 0.3) is 0 Å². The Morgan fingerprint density at radius 3 is 2.02 bits per heavy atom. The molecule has 0 bridgehead atoms. The molecule has 0 saturated carbocycles. The van der Waals surface area contributed by atoms with E-state index < -0.39 is 0 Å². The minimum absolute atomic E-state index is 0.0725. The monoisotopic (exact) mass is 615 g/mol. The maximum absolute atomic E-state index is 2.58. The van der Waals surface area contributed by atoms with Crippen molar-refractivity contribution >= 4 is 17.1 Å². The predicted molar refractivity (Wildman–Crippen MR) is 201 cm³/mol. The van der Waals surface area contributed by atoms with Crippen LogP contribution in [0.2, 0.25) is 0 Å². The highest BCUT2D eigenvalue weighted by atomic mass is 15.1. The van der Waals surface area contributed by atoms with E-state index in [0.717, 1.165) is 0 Å². The molecule has 0 amide bonds. The fourth-order valence-electron chi connectivity index (χ4n) is 9.19. The van der Waals surface area contributed by atoms with E-state index in [1.54, 1.807) is 5.56 Å². The maximum atomic E-state index is 2.58. The zero-order valence-corrected chi connectivity index (χ0v) is 29.4. The summed E-state index contributed by atoms with van der Waals surface area (Å²) < 4.78 is 0. The van der Waals surface area contributed by atoms with E-state index >= 15 is 0 Å². The van der Waals surface area contributed by atoms with Crippen molar-refractivity contribution < 1.29 is 0 Å². The smallest absolute Gasteiger partial charge is 0.0543 e. The molecule has 47 heavy (non-hydrogen) atoms. The number of aryl methyl sites for hydroxylation is 3. The lowest BCUT2D eigenvalue weighted by Gasteiger charge is -2.44. The minimum Gasteiger partial charge on any atom is -0.310 e. The first kappa shape index (κ1) is 30.2. The van der Waals surface area contributed by atoms with Crippen LogP contribution in [0.5, 0.6) is 0 Å². The van der Waals surface area contributed by atoms with E-state index in [4.69, 9.17) is 0 Å². The molecule has 0 aliphatic heterocycles. The SMILES string of the molecule is Cc1ccc2c(c1-c1cc3c(cc1N(c1ccccc1)c1ccc4c(c1)CCCC4)C(C)(C)c1ccccc1-3)C(C)(C)CCC2(C)C. The molecule has 3 aliphatic carbocycles. The Hall–Kier alpha value is -4.10. The van der Waals surface area contributed by atoms with E-state index in [1.807, 2.05) is 0 Å². The van der Waals surface area contributed by atoms with Crippen LogP contribution in [0.3, 0.4) is 0 Å². The van der Waals surface area contributed by atoms with Crippen LogP contribution in [0, 0.1) is 6.92 Å². The van der Waals surface area contributed by atoms with Crippen molar-refractivity contribution in [3.8, 4) is 22.3 Å². The molecule has 0 saturated heterocycles. The van der Waals surface area contributed by atoms with Crippen LogP contribution in [0.25, 0.3) is 22.3 Å². The van der Waals surface area contributed by atoms with Crippen molar-refractivity contribution in [2.24, 2.45) is 0 Å². The van der Waals surface area contributed by atoms with Crippen molar-refractivity contribution in [2.75, 3.05) is 4.90 Å². The lowest BCUT2D eigenvalue weighted by Crippen LogP contribution is -2.34. The summed E-state index contributed by atoms with van der Waals surface area (Å²) in [5.41, 5.74) is 19.7. The number of rotatable bonds is 4. The minimum atomic E-state index is -0.0934. The molecule has 1 heteroatoms. The molecule has 238 valence electrons. The molecule has 0 fully saturated rings. The Balaban J connectivity index is 1.49. The second kappa shape index (κ2) is 10.7. The fourth-order valence-corrected chi connectivity index (χ4v) is 9.19. The first-order valence-corrected chi connectivity index (χ1v) is 17.9. The lowest BCUT2D eigenvalue weighted by molar-refractivity contribution is 0.332. The molecule has 0 N–H and O–H groups in total. The van der Waals surface area contributed by atoms with Crippen LogP contribution in [0.4, 0.5) is 17.1 Å². The highest BCUT2D eigenvalue weighted by Crippen LogP contribution is 2.57. The normalized spacial score (nSPS) is 18.1. The van der Waals surface area contributed by atoms with Gasteiger partial charge in [-0.15, -0.1) is 0 Å². The molecule has 0 aromatic heterocycles. The summed E-state index contributed by atoms with van der Waals surface area (Å²) in [5, 5.41) is 0. The molecule has 1 nitrogen and oxygen atoms in total. The summed E-state index contributed by atoms with van der Waals surface area (Å²) in [6, 6.07) is 37.5. The summed E-state index contributed by atoms with van der Waals surface area (Å²) in [6.07, 6.45) is 7.33. The topological polar surface area (TPSA) is 3.24 Å². The summed E-state index contributed by atoms with van der Waals surface area (Å²) in [7, 11) is 0. The molecular weight excluding hydrogens is 567 g/mol. The van der Waals surface area contributed by atoms with Crippen molar-refractivity contribution in [1.82, 2.24) is 0 Å². The standard InChI is InChI=1S/C46H49N/c1-30-21-24-39-43(45(4,5)26-25-44(39,2)3)42(30)37-28-36-35-19-13-14-20-38(35)46(6,7)40(36)29-41(37)47(33-17-9-8-10-18-33)34-23-22-31-15-11-12-16-32(31)27-34/h8-10,13-14,17-24,27-29H,11-12,15-16,25-26H2,1-7H3. The van der Waals surface area contributed by atoms with Gasteiger partial charge in [0.05, 0.1) is 5.69 Å². The predicted octanol–water partition coefficient (Wildman–Crippen LogP) is 12.7. The number of para-hydroxylation sites is 1. The van der Waals surface area contributed by atoms with Crippen LogP contribution in [-0.4, -0.2) is 0 Å². The number of hydrogen-bond acceptors (Lipinski definition) is 1. The van der Waals surface area contributed by atoms with Gasteiger partial charge < -0.3 is 4.90 Å². The van der Waals surface area contributed by atoms with E-state index in [-0.39, 0.29) is 16.2 Å². The van der Waals surface area contributed by atoms with E-state index in [2.05, 4.69) is 150 Å². The molecule has 0 atom stereocenters. The Morgan fingerprint density at radius 1 is 0.532 bits per heavy atom. The number of fused-ring (bicyclic) bond motifs is 5. The van der Waals surface area contributed by atoms with Gasteiger partial charge in [0.1, 0.15) is 0 Å². The third-order valence-electron chi connectivity index (χ3n) is 12.0. The lowest BCUT2D eigenvalue weighted by atomic mass is 9.61. The highest BCUT2D eigenvalue weighted by molar-refractivity contribution is 5.96. The number of nitrogens with zero attached hydrogens (tertiary/aromatic N) is 1. The van der Waals surface area contributed by atoms with Gasteiger partial charge in [-0.3, -0.25) is 0 Å². The van der Waals surface area contributed by atoms with Crippen molar-refractivity contribution in [2.45, 2.75) is 103 Å².